The molecule has 2 aromatic carbocycles. The Morgan fingerprint density at radius 3 is 2.50 bits per heavy atom. The van der Waals surface area contributed by atoms with E-state index in [9.17, 15) is 4.79 Å². The Hall–Kier alpha value is -1.40. The maximum Gasteiger partial charge on any atom is 0.326 e. The van der Waals surface area contributed by atoms with Crippen molar-refractivity contribution in [1.82, 2.24) is 0 Å². The minimum Gasteiger partial charge on any atom is -0.468 e. The molecule has 0 radical (unpaired) electrons. The number of halogens is 1. The molecular weight excluding hydrogens is 389 g/mol. The van der Waals surface area contributed by atoms with Crippen molar-refractivity contribution >= 4 is 28.6 Å². The van der Waals surface area contributed by atoms with Gasteiger partial charge in [-0.25, -0.2) is 0 Å². The van der Waals surface area contributed by atoms with Crippen LogP contribution in [0.5, 0.6) is 0 Å². The van der Waals surface area contributed by atoms with Crippen LogP contribution < -0.4 is 5.73 Å². The molecule has 0 bridgehead atoms. The van der Waals surface area contributed by atoms with E-state index in [0.29, 0.717) is 12.8 Å². The molecule has 0 aromatic heterocycles. The molecule has 0 saturated heterocycles. The number of aryl methyl sites for hydroxylation is 1. The van der Waals surface area contributed by atoms with Crippen molar-refractivity contribution in [1.29, 1.82) is 0 Å². The van der Waals surface area contributed by atoms with Crippen LogP contribution in [0.15, 0.2) is 48.5 Å². The topological polar surface area (TPSA) is 52.3 Å². The van der Waals surface area contributed by atoms with E-state index in [0.717, 1.165) is 20.3 Å². The molecule has 2 rings (SSSR count). The summed E-state index contributed by atoms with van der Waals surface area (Å²) in [6.45, 7) is 2.03. The first-order valence-corrected chi connectivity index (χ1v) is 8.19. The summed E-state index contributed by atoms with van der Waals surface area (Å²) in [4.78, 5) is 12.3. The molecule has 2 aromatic rings. The molecule has 0 aliphatic carbocycles. The highest BCUT2D eigenvalue weighted by atomic mass is 127. The fraction of sp³-hybridized carbons (Fsp3) is 0.278. The van der Waals surface area contributed by atoms with Gasteiger partial charge in [0.05, 0.1) is 7.11 Å². The second-order valence-electron chi connectivity index (χ2n) is 5.58. The van der Waals surface area contributed by atoms with Gasteiger partial charge in [0.15, 0.2) is 0 Å². The predicted molar refractivity (Wildman–Crippen MR) is 96.7 cm³/mol. The van der Waals surface area contributed by atoms with Crippen LogP contribution in [0.3, 0.4) is 0 Å². The van der Waals surface area contributed by atoms with Crippen LogP contribution in [0.1, 0.15) is 16.7 Å². The summed E-state index contributed by atoms with van der Waals surface area (Å²) in [6, 6.07) is 16.0. The van der Waals surface area contributed by atoms with Crippen molar-refractivity contribution in [3.8, 4) is 0 Å². The Balaban J connectivity index is 2.33. The van der Waals surface area contributed by atoms with Crippen LogP contribution in [0.25, 0.3) is 0 Å². The Kier molecular flexibility index (Phi) is 5.58. The number of ether oxygens (including phenoxy) is 1. The molecule has 0 spiro atoms. The molecule has 22 heavy (non-hydrogen) atoms. The average molecular weight is 409 g/mol. The van der Waals surface area contributed by atoms with Gasteiger partial charge in [-0.05, 0) is 46.7 Å². The summed E-state index contributed by atoms with van der Waals surface area (Å²) in [5.74, 6) is -0.381. The molecule has 0 unspecified atom stereocenters. The van der Waals surface area contributed by atoms with Gasteiger partial charge in [0.1, 0.15) is 5.54 Å². The third-order valence-corrected chi connectivity index (χ3v) is 4.71. The fourth-order valence-corrected chi connectivity index (χ4v) is 3.08. The molecule has 0 amide bonds. The van der Waals surface area contributed by atoms with Gasteiger partial charge in [0.2, 0.25) is 0 Å². The van der Waals surface area contributed by atoms with Gasteiger partial charge >= 0.3 is 5.97 Å². The number of carbonyl (C=O) groups excluding carboxylic acids is 1. The summed E-state index contributed by atoms with van der Waals surface area (Å²) in [5, 5.41) is 0. The average Bonchev–Trinajstić information content (AvgIpc) is 2.51. The van der Waals surface area contributed by atoms with E-state index in [-0.39, 0.29) is 5.97 Å². The molecule has 116 valence electrons. The van der Waals surface area contributed by atoms with Crippen LogP contribution in [-0.4, -0.2) is 18.6 Å². The minimum absolute atomic E-state index is 0.381. The second-order valence-corrected chi connectivity index (χ2v) is 6.74. The van der Waals surface area contributed by atoms with Crippen LogP contribution in [0, 0.1) is 10.5 Å². The molecular formula is C18H20INO2. The summed E-state index contributed by atoms with van der Waals surface area (Å²) >= 11 is 2.28. The van der Waals surface area contributed by atoms with Crippen molar-refractivity contribution in [2.24, 2.45) is 5.73 Å². The third-order valence-electron chi connectivity index (χ3n) is 3.66. The number of carbonyl (C=O) groups is 1. The van der Waals surface area contributed by atoms with Crippen molar-refractivity contribution in [3.05, 3.63) is 68.8 Å². The molecule has 3 nitrogen and oxygen atoms in total. The van der Waals surface area contributed by atoms with Gasteiger partial charge in [-0.2, -0.15) is 0 Å². The highest BCUT2D eigenvalue weighted by Crippen LogP contribution is 2.23. The standard InChI is InChI=1S/C18H20INO2/c1-13-8-9-16(19)15(10-13)12-18(20,17(21)22-2)11-14-6-4-3-5-7-14/h3-10H,11-12,20H2,1-2H3/t18-/m0/s1. The van der Waals surface area contributed by atoms with Crippen molar-refractivity contribution in [2.45, 2.75) is 25.3 Å². The first-order valence-electron chi connectivity index (χ1n) is 7.11. The Labute approximate surface area is 145 Å². The van der Waals surface area contributed by atoms with E-state index >= 15 is 0 Å². The Bertz CT molecular complexity index is 657. The highest BCUT2D eigenvalue weighted by molar-refractivity contribution is 14.1. The molecule has 2 N–H and O–H groups in total. The molecule has 0 saturated carbocycles. The van der Waals surface area contributed by atoms with Gasteiger partial charge in [-0.3, -0.25) is 4.79 Å². The number of esters is 1. The lowest BCUT2D eigenvalue weighted by molar-refractivity contribution is -0.147. The van der Waals surface area contributed by atoms with Crippen molar-refractivity contribution < 1.29 is 9.53 Å². The van der Waals surface area contributed by atoms with Gasteiger partial charge in [-0.15, -0.1) is 0 Å². The molecule has 1 atom stereocenters. The molecule has 4 heteroatoms. The number of rotatable bonds is 5. The van der Waals surface area contributed by atoms with Crippen LogP contribution >= 0.6 is 22.6 Å². The summed E-state index contributed by atoms with van der Waals surface area (Å²) in [7, 11) is 1.39. The SMILES string of the molecule is COC(=O)[C@](N)(Cc1ccccc1)Cc1cc(C)ccc1I. The maximum absolute atomic E-state index is 12.3. The normalized spacial score (nSPS) is 13.5. The number of nitrogens with two attached hydrogens (primary N) is 1. The number of methoxy groups -OCH3 is 1. The van der Waals surface area contributed by atoms with E-state index in [4.69, 9.17) is 10.5 Å². The fourth-order valence-electron chi connectivity index (χ4n) is 2.55. The lowest BCUT2D eigenvalue weighted by atomic mass is 9.85. The Morgan fingerprint density at radius 2 is 1.86 bits per heavy atom. The second kappa shape index (κ2) is 7.24. The van der Waals surface area contributed by atoms with Crippen LogP contribution in [0.4, 0.5) is 0 Å². The molecule has 0 fully saturated rings. The minimum atomic E-state index is -1.07. The van der Waals surface area contributed by atoms with E-state index < -0.39 is 5.54 Å². The monoisotopic (exact) mass is 409 g/mol. The van der Waals surface area contributed by atoms with E-state index in [2.05, 4.69) is 34.7 Å². The van der Waals surface area contributed by atoms with Gasteiger partial charge in [0, 0.05) is 16.4 Å². The van der Waals surface area contributed by atoms with E-state index in [1.54, 1.807) is 0 Å². The van der Waals surface area contributed by atoms with E-state index in [1.165, 1.54) is 7.11 Å². The Morgan fingerprint density at radius 1 is 1.18 bits per heavy atom. The number of benzene rings is 2. The molecule has 0 aliphatic heterocycles. The molecule has 0 heterocycles. The quantitative estimate of drug-likeness (QED) is 0.610. The van der Waals surface area contributed by atoms with Crippen LogP contribution in [-0.2, 0) is 22.4 Å². The van der Waals surface area contributed by atoms with Crippen molar-refractivity contribution in [2.75, 3.05) is 7.11 Å². The first kappa shape index (κ1) is 17.0. The highest BCUT2D eigenvalue weighted by Gasteiger charge is 2.36. The summed E-state index contributed by atoms with van der Waals surface area (Å²) < 4.78 is 6.07. The predicted octanol–water partition coefficient (Wildman–Crippen LogP) is 3.26. The largest absolute Gasteiger partial charge is 0.468 e. The zero-order valence-electron chi connectivity index (χ0n) is 12.8. The van der Waals surface area contributed by atoms with Crippen molar-refractivity contribution in [3.63, 3.8) is 0 Å². The zero-order chi connectivity index (χ0) is 16.2. The number of hydrogen-bond acceptors (Lipinski definition) is 3. The van der Waals surface area contributed by atoms with Gasteiger partial charge < -0.3 is 10.5 Å². The van der Waals surface area contributed by atoms with Gasteiger partial charge in [-0.1, -0.05) is 48.0 Å². The van der Waals surface area contributed by atoms with Crippen LogP contribution in [0.2, 0.25) is 0 Å². The zero-order valence-corrected chi connectivity index (χ0v) is 15.0. The molecule has 0 aliphatic rings. The summed E-state index contributed by atoms with van der Waals surface area (Å²) in [6.07, 6.45) is 0.902. The first-order chi connectivity index (χ1) is 10.4. The van der Waals surface area contributed by atoms with E-state index in [1.807, 2.05) is 43.3 Å². The third kappa shape index (κ3) is 4.08. The lowest BCUT2D eigenvalue weighted by Crippen LogP contribution is -2.52. The maximum atomic E-state index is 12.3. The smallest absolute Gasteiger partial charge is 0.326 e. The number of hydrogen-bond donors (Lipinski definition) is 1. The lowest BCUT2D eigenvalue weighted by Gasteiger charge is -2.27. The summed E-state index contributed by atoms with van der Waals surface area (Å²) in [5.41, 5.74) is 8.65. The van der Waals surface area contributed by atoms with Gasteiger partial charge in [0.25, 0.3) is 0 Å².